The van der Waals surface area contributed by atoms with Crippen LogP contribution in [0.5, 0.6) is 0 Å². The van der Waals surface area contributed by atoms with Crippen molar-refractivity contribution in [3.05, 3.63) is 35.7 Å². The van der Waals surface area contributed by atoms with Gasteiger partial charge in [0.2, 0.25) is 5.89 Å². The van der Waals surface area contributed by atoms with E-state index >= 15 is 0 Å². The quantitative estimate of drug-likeness (QED) is 0.751. The number of anilines is 1. The summed E-state index contributed by atoms with van der Waals surface area (Å²) >= 11 is 0. The molecule has 0 bridgehead atoms. The Morgan fingerprint density at radius 2 is 2.00 bits per heavy atom. The lowest BCUT2D eigenvalue weighted by atomic mass is 10.2. The van der Waals surface area contributed by atoms with E-state index in [4.69, 9.17) is 15.3 Å². The number of carbonyl (C=O) groups is 1. The Balaban J connectivity index is 2.45. The standard InChI is InChI=1S/C11H10N2O3/c1-6-9(11(14)15)13-10(16-6)7-2-4-8(12)5-3-7/h2-5H,12H2,1H3,(H,14,15). The topological polar surface area (TPSA) is 89.4 Å². The summed E-state index contributed by atoms with van der Waals surface area (Å²) in [5.74, 6) is -0.517. The Hall–Kier alpha value is -2.30. The van der Waals surface area contributed by atoms with Gasteiger partial charge in [0.1, 0.15) is 5.76 Å². The lowest BCUT2D eigenvalue weighted by molar-refractivity contribution is 0.0689. The van der Waals surface area contributed by atoms with Gasteiger partial charge in [0.05, 0.1) is 0 Å². The van der Waals surface area contributed by atoms with Crippen LogP contribution in [0.25, 0.3) is 11.5 Å². The number of aromatic nitrogens is 1. The van der Waals surface area contributed by atoms with Gasteiger partial charge < -0.3 is 15.3 Å². The van der Waals surface area contributed by atoms with Gasteiger partial charge in [-0.2, -0.15) is 0 Å². The van der Waals surface area contributed by atoms with E-state index in [1.165, 1.54) is 0 Å². The van der Waals surface area contributed by atoms with Crippen molar-refractivity contribution in [2.45, 2.75) is 6.92 Å². The van der Waals surface area contributed by atoms with Crippen LogP contribution in [0.15, 0.2) is 28.7 Å². The van der Waals surface area contributed by atoms with Gasteiger partial charge >= 0.3 is 5.97 Å². The van der Waals surface area contributed by atoms with Gasteiger partial charge in [-0.15, -0.1) is 0 Å². The zero-order valence-electron chi connectivity index (χ0n) is 8.60. The minimum Gasteiger partial charge on any atom is -0.476 e. The number of hydrogen-bond donors (Lipinski definition) is 2. The first kappa shape index (κ1) is 10.2. The van der Waals surface area contributed by atoms with Crippen molar-refractivity contribution in [2.24, 2.45) is 0 Å². The molecule has 0 aliphatic rings. The minimum absolute atomic E-state index is 0.0631. The molecule has 1 aromatic carbocycles. The number of oxazole rings is 1. The van der Waals surface area contributed by atoms with Crippen molar-refractivity contribution >= 4 is 11.7 Å². The molecule has 0 unspecified atom stereocenters. The van der Waals surface area contributed by atoms with Gasteiger partial charge in [-0.25, -0.2) is 9.78 Å². The lowest BCUT2D eigenvalue weighted by Crippen LogP contribution is -1.98. The highest BCUT2D eigenvalue weighted by atomic mass is 16.4. The van der Waals surface area contributed by atoms with Crippen molar-refractivity contribution in [2.75, 3.05) is 5.73 Å². The molecule has 0 saturated heterocycles. The highest BCUT2D eigenvalue weighted by Gasteiger charge is 2.16. The van der Waals surface area contributed by atoms with E-state index in [0.29, 0.717) is 17.0 Å². The van der Waals surface area contributed by atoms with Crippen LogP contribution in [0, 0.1) is 6.92 Å². The Labute approximate surface area is 91.5 Å². The van der Waals surface area contributed by atoms with Gasteiger partial charge in [-0.05, 0) is 31.2 Å². The molecule has 3 N–H and O–H groups in total. The summed E-state index contributed by atoms with van der Waals surface area (Å²) in [7, 11) is 0. The number of hydrogen-bond acceptors (Lipinski definition) is 4. The van der Waals surface area contributed by atoms with Gasteiger partial charge in [0.15, 0.2) is 5.69 Å². The predicted octanol–water partition coefficient (Wildman–Crippen LogP) is 1.93. The van der Waals surface area contributed by atoms with Crippen LogP contribution in [0.1, 0.15) is 16.2 Å². The summed E-state index contributed by atoms with van der Waals surface area (Å²) in [5.41, 5.74) is 6.81. The molecule has 82 valence electrons. The van der Waals surface area contributed by atoms with Crippen LogP contribution >= 0.6 is 0 Å². The molecule has 0 saturated carbocycles. The lowest BCUT2D eigenvalue weighted by Gasteiger charge is -1.95. The maximum Gasteiger partial charge on any atom is 0.358 e. The van der Waals surface area contributed by atoms with Crippen molar-refractivity contribution in [3.63, 3.8) is 0 Å². The fourth-order valence-corrected chi connectivity index (χ4v) is 1.34. The highest BCUT2D eigenvalue weighted by Crippen LogP contribution is 2.22. The first-order chi connectivity index (χ1) is 7.58. The van der Waals surface area contributed by atoms with E-state index in [0.717, 1.165) is 0 Å². The largest absolute Gasteiger partial charge is 0.476 e. The molecule has 5 nitrogen and oxygen atoms in total. The van der Waals surface area contributed by atoms with E-state index in [-0.39, 0.29) is 11.6 Å². The molecule has 0 aliphatic carbocycles. The maximum atomic E-state index is 10.8. The normalized spacial score (nSPS) is 10.3. The summed E-state index contributed by atoms with van der Waals surface area (Å²) in [6, 6.07) is 6.86. The van der Waals surface area contributed by atoms with E-state index in [1.807, 2.05) is 0 Å². The average Bonchev–Trinajstić information content (AvgIpc) is 2.61. The molecule has 5 heteroatoms. The molecule has 1 aromatic heterocycles. The average molecular weight is 218 g/mol. The number of rotatable bonds is 2. The summed E-state index contributed by atoms with van der Waals surface area (Å²) in [5, 5.41) is 8.83. The summed E-state index contributed by atoms with van der Waals surface area (Å²) in [6.07, 6.45) is 0. The number of nitrogens with two attached hydrogens (primary N) is 1. The Bertz CT molecular complexity index is 529. The third kappa shape index (κ3) is 1.75. The van der Waals surface area contributed by atoms with Crippen molar-refractivity contribution in [3.8, 4) is 11.5 Å². The second-order valence-electron chi connectivity index (χ2n) is 3.35. The zero-order valence-corrected chi connectivity index (χ0v) is 8.60. The summed E-state index contributed by atoms with van der Waals surface area (Å²) in [4.78, 5) is 14.7. The Kier molecular flexibility index (Phi) is 2.36. The van der Waals surface area contributed by atoms with E-state index in [9.17, 15) is 4.79 Å². The molecule has 0 spiro atoms. The molecule has 0 atom stereocenters. The van der Waals surface area contributed by atoms with E-state index < -0.39 is 5.97 Å². The van der Waals surface area contributed by atoms with Gasteiger partial charge in [-0.3, -0.25) is 0 Å². The van der Waals surface area contributed by atoms with E-state index in [1.54, 1.807) is 31.2 Å². The zero-order chi connectivity index (χ0) is 11.7. The second-order valence-corrected chi connectivity index (χ2v) is 3.35. The number of carboxylic acids is 1. The molecule has 2 aromatic rings. The molecule has 2 rings (SSSR count). The second kappa shape index (κ2) is 3.69. The highest BCUT2D eigenvalue weighted by molar-refractivity contribution is 5.87. The van der Waals surface area contributed by atoms with Crippen molar-refractivity contribution in [1.82, 2.24) is 4.98 Å². The molecule has 0 amide bonds. The Morgan fingerprint density at radius 3 is 2.50 bits per heavy atom. The van der Waals surface area contributed by atoms with Crippen molar-refractivity contribution < 1.29 is 14.3 Å². The smallest absolute Gasteiger partial charge is 0.358 e. The predicted molar refractivity (Wildman–Crippen MR) is 58.0 cm³/mol. The molecule has 16 heavy (non-hydrogen) atoms. The van der Waals surface area contributed by atoms with Crippen LogP contribution in [0.2, 0.25) is 0 Å². The maximum absolute atomic E-state index is 10.8. The number of nitrogens with zero attached hydrogens (tertiary/aromatic N) is 1. The fourth-order valence-electron chi connectivity index (χ4n) is 1.34. The number of nitrogen functional groups attached to an aromatic ring is 1. The molecule has 1 heterocycles. The van der Waals surface area contributed by atoms with Gasteiger partial charge in [-0.1, -0.05) is 0 Å². The van der Waals surface area contributed by atoms with Gasteiger partial charge in [0.25, 0.3) is 0 Å². The van der Waals surface area contributed by atoms with Crippen LogP contribution in [0.3, 0.4) is 0 Å². The van der Waals surface area contributed by atoms with Crippen LogP contribution < -0.4 is 5.73 Å². The molecular formula is C11H10N2O3. The van der Waals surface area contributed by atoms with Crippen molar-refractivity contribution in [1.29, 1.82) is 0 Å². The summed E-state index contributed by atoms with van der Waals surface area (Å²) in [6.45, 7) is 1.57. The van der Waals surface area contributed by atoms with Crippen LogP contribution in [-0.4, -0.2) is 16.1 Å². The third-order valence-corrected chi connectivity index (χ3v) is 2.16. The molecular weight excluding hydrogens is 208 g/mol. The number of aromatic carboxylic acids is 1. The minimum atomic E-state index is -1.09. The first-order valence-corrected chi connectivity index (χ1v) is 4.64. The molecule has 0 radical (unpaired) electrons. The SMILES string of the molecule is Cc1oc(-c2ccc(N)cc2)nc1C(=O)O. The van der Waals surface area contributed by atoms with Crippen LogP contribution in [-0.2, 0) is 0 Å². The fraction of sp³-hybridized carbons (Fsp3) is 0.0909. The number of aryl methyl sites for hydroxylation is 1. The third-order valence-electron chi connectivity index (χ3n) is 2.16. The molecule has 0 fully saturated rings. The van der Waals surface area contributed by atoms with Gasteiger partial charge in [0, 0.05) is 11.3 Å². The van der Waals surface area contributed by atoms with E-state index in [2.05, 4.69) is 4.98 Å². The first-order valence-electron chi connectivity index (χ1n) is 4.64. The van der Waals surface area contributed by atoms with Crippen LogP contribution in [0.4, 0.5) is 5.69 Å². The Morgan fingerprint density at radius 1 is 1.38 bits per heavy atom. The molecule has 0 aliphatic heterocycles. The number of carboxylic acid groups (broad SMARTS) is 1. The monoisotopic (exact) mass is 218 g/mol. The summed E-state index contributed by atoms with van der Waals surface area (Å²) < 4.78 is 5.27. The number of benzene rings is 1.